The number of pyridine rings is 1. The maximum atomic E-state index is 12.5. The summed E-state index contributed by atoms with van der Waals surface area (Å²) in [4.78, 5) is 21.1. The van der Waals surface area contributed by atoms with Gasteiger partial charge in [-0.3, -0.25) is 14.9 Å². The van der Waals surface area contributed by atoms with Crippen molar-refractivity contribution in [3.8, 4) is 11.1 Å². The number of nitrogens with zero attached hydrogens (tertiary/aromatic N) is 3. The summed E-state index contributed by atoms with van der Waals surface area (Å²) in [6, 6.07) is 3.81. The molecule has 3 aromatic rings. The molecule has 0 unspecified atom stereocenters. The van der Waals surface area contributed by atoms with Crippen LogP contribution in [0.4, 0.5) is 0 Å². The van der Waals surface area contributed by atoms with E-state index in [1.165, 1.54) is 4.52 Å². The van der Waals surface area contributed by atoms with E-state index in [0.29, 0.717) is 5.65 Å². The van der Waals surface area contributed by atoms with Gasteiger partial charge in [0.2, 0.25) is 0 Å². The number of aromatic amines is 1. The van der Waals surface area contributed by atoms with E-state index in [-0.39, 0.29) is 11.5 Å². The van der Waals surface area contributed by atoms with Gasteiger partial charge in [0.05, 0.1) is 0 Å². The van der Waals surface area contributed by atoms with Crippen molar-refractivity contribution < 1.29 is 0 Å². The van der Waals surface area contributed by atoms with Gasteiger partial charge in [-0.05, 0) is 30.5 Å². The Bertz CT molecular complexity index is 815. The van der Waals surface area contributed by atoms with Crippen molar-refractivity contribution in [1.29, 1.82) is 0 Å². The molecule has 0 saturated heterocycles. The van der Waals surface area contributed by atoms with Gasteiger partial charge in [0.1, 0.15) is 0 Å². The molecule has 0 atom stereocenters. The molecule has 0 amide bonds. The molecule has 0 fully saturated rings. The summed E-state index contributed by atoms with van der Waals surface area (Å²) in [6.07, 6.45) is 5.27. The molecule has 5 heteroatoms. The molecule has 1 N–H and O–H groups in total. The fraction of sp³-hybridized carbons (Fsp3) is 0.267. The van der Waals surface area contributed by atoms with E-state index in [9.17, 15) is 4.79 Å². The minimum Gasteiger partial charge on any atom is -0.296 e. The van der Waals surface area contributed by atoms with Crippen molar-refractivity contribution in [3.63, 3.8) is 0 Å². The van der Waals surface area contributed by atoms with Crippen LogP contribution in [0.1, 0.15) is 31.0 Å². The van der Waals surface area contributed by atoms with E-state index in [1.54, 1.807) is 12.4 Å². The van der Waals surface area contributed by atoms with E-state index in [1.807, 2.05) is 39.1 Å². The lowest BCUT2D eigenvalue weighted by Crippen LogP contribution is -2.22. The number of H-pyrrole nitrogens is 1. The van der Waals surface area contributed by atoms with E-state index < -0.39 is 0 Å². The number of nitrogens with one attached hydrogen (secondary N) is 1. The van der Waals surface area contributed by atoms with E-state index in [4.69, 9.17) is 0 Å². The van der Waals surface area contributed by atoms with Crippen LogP contribution in [0, 0.1) is 6.92 Å². The van der Waals surface area contributed by atoms with Crippen LogP contribution in [0.5, 0.6) is 0 Å². The molecule has 0 aliphatic carbocycles. The Labute approximate surface area is 116 Å². The van der Waals surface area contributed by atoms with Crippen molar-refractivity contribution >= 4 is 5.65 Å². The van der Waals surface area contributed by atoms with Crippen LogP contribution in [0.2, 0.25) is 0 Å². The highest BCUT2D eigenvalue weighted by molar-refractivity contribution is 5.76. The van der Waals surface area contributed by atoms with Crippen LogP contribution in [0.3, 0.4) is 0 Å². The summed E-state index contributed by atoms with van der Waals surface area (Å²) < 4.78 is 1.51. The SMILES string of the molecule is Cc1nc2c(-c3ccncc3)c[nH]n2c(=O)c1C(C)C. The first-order chi connectivity index (χ1) is 9.59. The van der Waals surface area contributed by atoms with Crippen molar-refractivity contribution in [2.24, 2.45) is 0 Å². The second-order valence-corrected chi connectivity index (χ2v) is 5.15. The van der Waals surface area contributed by atoms with Gasteiger partial charge in [0.15, 0.2) is 5.65 Å². The molecule has 3 aromatic heterocycles. The van der Waals surface area contributed by atoms with Crippen molar-refractivity contribution in [3.05, 3.63) is 52.3 Å². The van der Waals surface area contributed by atoms with Gasteiger partial charge in [-0.2, -0.15) is 0 Å². The molecule has 0 aromatic carbocycles. The predicted octanol–water partition coefficient (Wildman–Crippen LogP) is 2.52. The average molecular weight is 268 g/mol. The summed E-state index contributed by atoms with van der Waals surface area (Å²) in [7, 11) is 0. The van der Waals surface area contributed by atoms with Gasteiger partial charge in [0, 0.05) is 35.4 Å². The van der Waals surface area contributed by atoms with E-state index >= 15 is 0 Å². The summed E-state index contributed by atoms with van der Waals surface area (Å²) in [6.45, 7) is 5.90. The van der Waals surface area contributed by atoms with Crippen LogP contribution >= 0.6 is 0 Å². The highest BCUT2D eigenvalue weighted by atomic mass is 16.1. The van der Waals surface area contributed by atoms with Gasteiger partial charge in [-0.15, -0.1) is 0 Å². The number of hydrogen-bond donors (Lipinski definition) is 1. The standard InChI is InChI=1S/C15H16N4O/c1-9(2)13-10(3)18-14-12(8-17-19(14)15(13)20)11-4-6-16-7-5-11/h4-9,17H,1-3H3. The van der Waals surface area contributed by atoms with Crippen LogP contribution in [-0.2, 0) is 0 Å². The zero-order chi connectivity index (χ0) is 14.3. The molecule has 0 radical (unpaired) electrons. The smallest absolute Gasteiger partial charge is 0.276 e. The second kappa shape index (κ2) is 4.59. The Morgan fingerprint density at radius 2 is 1.95 bits per heavy atom. The van der Waals surface area contributed by atoms with Crippen molar-refractivity contribution in [2.45, 2.75) is 26.7 Å². The number of aryl methyl sites for hydroxylation is 1. The van der Waals surface area contributed by atoms with Crippen molar-refractivity contribution in [2.75, 3.05) is 0 Å². The summed E-state index contributed by atoms with van der Waals surface area (Å²) >= 11 is 0. The molecule has 0 saturated carbocycles. The van der Waals surface area contributed by atoms with Crippen LogP contribution in [-0.4, -0.2) is 19.6 Å². The third-order valence-corrected chi connectivity index (χ3v) is 3.46. The number of aromatic nitrogens is 4. The summed E-state index contributed by atoms with van der Waals surface area (Å²) in [5.74, 6) is 0.152. The minimum atomic E-state index is -0.0252. The molecule has 0 aliphatic heterocycles. The van der Waals surface area contributed by atoms with Gasteiger partial charge in [0.25, 0.3) is 5.56 Å². The molecule has 5 nitrogen and oxygen atoms in total. The molecule has 102 valence electrons. The predicted molar refractivity (Wildman–Crippen MR) is 77.9 cm³/mol. The molecule has 0 aliphatic rings. The Morgan fingerprint density at radius 3 is 2.60 bits per heavy atom. The zero-order valence-electron chi connectivity index (χ0n) is 11.7. The third-order valence-electron chi connectivity index (χ3n) is 3.46. The van der Waals surface area contributed by atoms with Crippen LogP contribution in [0.25, 0.3) is 16.8 Å². The highest BCUT2D eigenvalue weighted by Crippen LogP contribution is 2.23. The van der Waals surface area contributed by atoms with E-state index in [2.05, 4.69) is 15.1 Å². The molecule has 3 heterocycles. The number of fused-ring (bicyclic) bond motifs is 1. The molecule has 0 spiro atoms. The van der Waals surface area contributed by atoms with Crippen LogP contribution < -0.4 is 5.56 Å². The Morgan fingerprint density at radius 1 is 1.25 bits per heavy atom. The van der Waals surface area contributed by atoms with E-state index in [0.717, 1.165) is 22.4 Å². The fourth-order valence-corrected chi connectivity index (χ4v) is 2.54. The first-order valence-electron chi connectivity index (χ1n) is 6.60. The molecule has 3 rings (SSSR count). The maximum absolute atomic E-state index is 12.5. The fourth-order valence-electron chi connectivity index (χ4n) is 2.54. The first-order valence-corrected chi connectivity index (χ1v) is 6.60. The molecule has 20 heavy (non-hydrogen) atoms. The zero-order valence-corrected chi connectivity index (χ0v) is 11.7. The molecular weight excluding hydrogens is 252 g/mol. The van der Waals surface area contributed by atoms with Gasteiger partial charge < -0.3 is 0 Å². The topological polar surface area (TPSA) is 63.1 Å². The van der Waals surface area contributed by atoms with Crippen LogP contribution in [0.15, 0.2) is 35.5 Å². The number of rotatable bonds is 2. The van der Waals surface area contributed by atoms with Gasteiger partial charge in [-0.25, -0.2) is 9.50 Å². The van der Waals surface area contributed by atoms with Gasteiger partial charge >= 0.3 is 0 Å². The summed E-state index contributed by atoms with van der Waals surface area (Å²) in [5.41, 5.74) is 4.07. The summed E-state index contributed by atoms with van der Waals surface area (Å²) in [5, 5.41) is 3.00. The quantitative estimate of drug-likeness (QED) is 0.776. The lowest BCUT2D eigenvalue weighted by Gasteiger charge is -2.08. The van der Waals surface area contributed by atoms with Gasteiger partial charge in [-0.1, -0.05) is 13.8 Å². The Balaban J connectivity index is 2.33. The maximum Gasteiger partial charge on any atom is 0.276 e. The average Bonchev–Trinajstić information content (AvgIpc) is 2.83. The minimum absolute atomic E-state index is 0.0252. The Hall–Kier alpha value is -2.43. The number of hydrogen-bond acceptors (Lipinski definition) is 3. The lowest BCUT2D eigenvalue weighted by molar-refractivity contribution is 0.780. The Kier molecular flexibility index (Phi) is 2.89. The lowest BCUT2D eigenvalue weighted by atomic mass is 10.0. The van der Waals surface area contributed by atoms with Crippen molar-refractivity contribution in [1.82, 2.24) is 19.6 Å². The normalized spacial score (nSPS) is 11.4. The second-order valence-electron chi connectivity index (χ2n) is 5.15. The highest BCUT2D eigenvalue weighted by Gasteiger charge is 2.16. The third kappa shape index (κ3) is 1.82. The molecular formula is C15H16N4O. The largest absolute Gasteiger partial charge is 0.296 e. The monoisotopic (exact) mass is 268 g/mol. The first kappa shape index (κ1) is 12.6. The molecule has 0 bridgehead atoms.